The van der Waals surface area contributed by atoms with Crippen molar-refractivity contribution >= 4 is 23.6 Å². The van der Waals surface area contributed by atoms with Crippen LogP contribution in [0.2, 0.25) is 0 Å². The topological polar surface area (TPSA) is 49.4 Å². The minimum Gasteiger partial charge on any atom is -0.354 e. The smallest absolute Gasteiger partial charge is 0.243 e. The van der Waals surface area contributed by atoms with Crippen LogP contribution in [0.5, 0.6) is 0 Å². The number of nitrogens with one attached hydrogen (secondary N) is 1. The van der Waals surface area contributed by atoms with Crippen LogP contribution in [-0.2, 0) is 22.6 Å². The van der Waals surface area contributed by atoms with Gasteiger partial charge in [-0.3, -0.25) is 9.59 Å². The van der Waals surface area contributed by atoms with E-state index in [1.165, 1.54) is 17.3 Å². The summed E-state index contributed by atoms with van der Waals surface area (Å²) in [7, 11) is 0. The molecule has 0 aliphatic rings. The van der Waals surface area contributed by atoms with Crippen LogP contribution in [0.4, 0.5) is 0 Å². The SMILES string of the molecule is CCCCNC(=O)C(Cc1ccccc1)N(Cc1ccccc1C)C(=O)CSc1ccc(C)cc1. The second kappa shape index (κ2) is 13.7. The fourth-order valence-electron chi connectivity index (χ4n) is 3.89. The maximum Gasteiger partial charge on any atom is 0.243 e. The first-order valence-corrected chi connectivity index (χ1v) is 13.3. The molecule has 0 aromatic heterocycles. The molecule has 5 heteroatoms. The molecule has 0 aliphatic carbocycles. The van der Waals surface area contributed by atoms with Gasteiger partial charge in [0.2, 0.25) is 11.8 Å². The van der Waals surface area contributed by atoms with E-state index in [9.17, 15) is 9.59 Å². The lowest BCUT2D eigenvalue weighted by Gasteiger charge is -2.32. The Morgan fingerprint density at radius 3 is 2.29 bits per heavy atom. The number of amides is 2. The average molecular weight is 489 g/mol. The first kappa shape index (κ1) is 26.6. The number of unbranched alkanes of at least 4 members (excludes halogenated alkanes) is 1. The van der Waals surface area contributed by atoms with Crippen LogP contribution in [0, 0.1) is 13.8 Å². The number of rotatable bonds is 12. The van der Waals surface area contributed by atoms with Crippen LogP contribution in [0.25, 0.3) is 0 Å². The third-order valence-corrected chi connectivity index (χ3v) is 7.08. The molecular formula is C30H36N2O2S. The number of nitrogens with zero attached hydrogens (tertiary/aromatic N) is 1. The van der Waals surface area contributed by atoms with Crippen molar-refractivity contribution in [1.82, 2.24) is 10.2 Å². The Morgan fingerprint density at radius 1 is 0.914 bits per heavy atom. The van der Waals surface area contributed by atoms with Crippen LogP contribution in [0.1, 0.15) is 42.0 Å². The van der Waals surface area contributed by atoms with Crippen molar-refractivity contribution in [1.29, 1.82) is 0 Å². The molecule has 1 N–H and O–H groups in total. The van der Waals surface area contributed by atoms with E-state index in [1.54, 1.807) is 4.90 Å². The van der Waals surface area contributed by atoms with Crippen molar-refractivity contribution in [2.75, 3.05) is 12.3 Å². The van der Waals surface area contributed by atoms with Gasteiger partial charge < -0.3 is 10.2 Å². The first-order chi connectivity index (χ1) is 17.0. The predicted octanol–water partition coefficient (Wildman–Crippen LogP) is 5.95. The molecule has 0 heterocycles. The molecule has 3 aromatic rings. The second-order valence-electron chi connectivity index (χ2n) is 8.90. The van der Waals surface area contributed by atoms with Gasteiger partial charge in [-0.15, -0.1) is 11.8 Å². The monoisotopic (exact) mass is 488 g/mol. The van der Waals surface area contributed by atoms with Gasteiger partial charge in [0.15, 0.2) is 0 Å². The molecule has 35 heavy (non-hydrogen) atoms. The van der Waals surface area contributed by atoms with E-state index in [-0.39, 0.29) is 17.6 Å². The summed E-state index contributed by atoms with van der Waals surface area (Å²) in [5.41, 5.74) is 4.40. The fourth-order valence-corrected chi connectivity index (χ4v) is 4.68. The average Bonchev–Trinajstić information content (AvgIpc) is 2.87. The molecule has 3 aromatic carbocycles. The highest BCUT2D eigenvalue weighted by molar-refractivity contribution is 8.00. The highest BCUT2D eigenvalue weighted by Gasteiger charge is 2.30. The first-order valence-electron chi connectivity index (χ1n) is 12.3. The summed E-state index contributed by atoms with van der Waals surface area (Å²) in [5, 5.41) is 3.08. The van der Waals surface area contributed by atoms with Crippen molar-refractivity contribution in [3.63, 3.8) is 0 Å². The summed E-state index contributed by atoms with van der Waals surface area (Å²) in [6.45, 7) is 7.22. The number of hydrogen-bond acceptors (Lipinski definition) is 3. The Balaban J connectivity index is 1.88. The van der Waals surface area contributed by atoms with E-state index in [0.717, 1.165) is 34.4 Å². The standard InChI is InChI=1S/C30H36N2O2S/c1-4-5-19-31-30(34)28(20-25-12-7-6-8-13-25)32(21-26-14-10-9-11-24(26)3)29(33)22-35-27-17-15-23(2)16-18-27/h6-18,28H,4-5,19-22H2,1-3H3,(H,31,34). The Kier molecular flexibility index (Phi) is 10.4. The molecule has 2 amide bonds. The number of aryl methyl sites for hydroxylation is 2. The van der Waals surface area contributed by atoms with Gasteiger partial charge in [0.25, 0.3) is 0 Å². The third kappa shape index (κ3) is 8.29. The van der Waals surface area contributed by atoms with E-state index in [1.807, 2.05) is 73.7 Å². The van der Waals surface area contributed by atoms with Gasteiger partial charge >= 0.3 is 0 Å². The number of thioether (sulfide) groups is 1. The number of benzene rings is 3. The van der Waals surface area contributed by atoms with Gasteiger partial charge in [-0.05, 0) is 49.1 Å². The molecule has 0 fully saturated rings. The number of hydrogen-bond donors (Lipinski definition) is 1. The third-order valence-electron chi connectivity index (χ3n) is 6.09. The molecule has 1 unspecified atom stereocenters. The van der Waals surface area contributed by atoms with Gasteiger partial charge in [-0.2, -0.15) is 0 Å². The molecule has 4 nitrogen and oxygen atoms in total. The molecule has 0 saturated heterocycles. The van der Waals surface area contributed by atoms with E-state index >= 15 is 0 Å². The fraction of sp³-hybridized carbons (Fsp3) is 0.333. The molecule has 0 bridgehead atoms. The minimum absolute atomic E-state index is 0.0367. The minimum atomic E-state index is -0.583. The molecular weight excluding hydrogens is 452 g/mol. The number of carbonyl (C=O) groups excluding carboxylic acids is 2. The van der Waals surface area contributed by atoms with Crippen molar-refractivity contribution < 1.29 is 9.59 Å². The summed E-state index contributed by atoms with van der Waals surface area (Å²) in [5.74, 6) is 0.151. The maximum absolute atomic E-state index is 13.7. The zero-order chi connectivity index (χ0) is 25.0. The Bertz CT molecular complexity index is 1080. The van der Waals surface area contributed by atoms with E-state index in [0.29, 0.717) is 19.5 Å². The lowest BCUT2D eigenvalue weighted by molar-refractivity contribution is -0.139. The summed E-state index contributed by atoms with van der Waals surface area (Å²) in [4.78, 5) is 30.0. The normalized spacial score (nSPS) is 11.6. The van der Waals surface area contributed by atoms with Crippen LogP contribution in [0.3, 0.4) is 0 Å². The van der Waals surface area contributed by atoms with Crippen LogP contribution < -0.4 is 5.32 Å². The van der Waals surface area contributed by atoms with Crippen molar-refractivity contribution in [3.8, 4) is 0 Å². The Hall–Kier alpha value is -3.05. The molecule has 0 spiro atoms. The lowest BCUT2D eigenvalue weighted by Crippen LogP contribution is -2.51. The molecule has 1 atom stereocenters. The highest BCUT2D eigenvalue weighted by Crippen LogP contribution is 2.22. The van der Waals surface area contributed by atoms with E-state index in [2.05, 4.69) is 31.3 Å². The van der Waals surface area contributed by atoms with Crippen molar-refractivity contribution in [2.24, 2.45) is 0 Å². The molecule has 3 rings (SSSR count). The van der Waals surface area contributed by atoms with Crippen LogP contribution in [0.15, 0.2) is 83.8 Å². The van der Waals surface area contributed by atoms with E-state index < -0.39 is 6.04 Å². The van der Waals surface area contributed by atoms with E-state index in [4.69, 9.17) is 0 Å². The number of carbonyl (C=O) groups is 2. The molecule has 184 valence electrons. The van der Waals surface area contributed by atoms with Crippen molar-refractivity contribution in [2.45, 2.75) is 57.5 Å². The maximum atomic E-state index is 13.7. The van der Waals surface area contributed by atoms with Gasteiger partial charge in [0.05, 0.1) is 5.75 Å². The lowest BCUT2D eigenvalue weighted by atomic mass is 10.0. The highest BCUT2D eigenvalue weighted by atomic mass is 32.2. The largest absolute Gasteiger partial charge is 0.354 e. The van der Waals surface area contributed by atoms with Crippen molar-refractivity contribution in [3.05, 3.63) is 101 Å². The summed E-state index contributed by atoms with van der Waals surface area (Å²) in [6, 6.07) is 25.6. The molecule has 0 radical (unpaired) electrons. The van der Waals surface area contributed by atoms with Gasteiger partial charge in [-0.1, -0.05) is 85.6 Å². The summed E-state index contributed by atoms with van der Waals surface area (Å²) < 4.78 is 0. The zero-order valence-corrected chi connectivity index (χ0v) is 21.8. The predicted molar refractivity (Wildman–Crippen MR) is 145 cm³/mol. The summed E-state index contributed by atoms with van der Waals surface area (Å²) >= 11 is 1.51. The van der Waals surface area contributed by atoms with Gasteiger partial charge in [-0.25, -0.2) is 0 Å². The quantitative estimate of drug-likeness (QED) is 0.253. The van der Waals surface area contributed by atoms with Gasteiger partial charge in [0, 0.05) is 24.4 Å². The Labute approximate surface area is 214 Å². The van der Waals surface area contributed by atoms with Gasteiger partial charge in [0.1, 0.15) is 6.04 Å². The Morgan fingerprint density at radius 2 is 1.60 bits per heavy atom. The second-order valence-corrected chi connectivity index (χ2v) is 9.95. The van der Waals surface area contributed by atoms with Crippen LogP contribution in [-0.4, -0.2) is 35.1 Å². The molecule has 0 aliphatic heterocycles. The zero-order valence-electron chi connectivity index (χ0n) is 21.0. The van der Waals surface area contributed by atoms with Crippen LogP contribution >= 0.6 is 11.8 Å². The molecule has 0 saturated carbocycles. The summed E-state index contributed by atoms with van der Waals surface area (Å²) in [6.07, 6.45) is 2.40.